The minimum atomic E-state index is 0.305. The highest BCUT2D eigenvalue weighted by molar-refractivity contribution is 4.41. The van der Waals surface area contributed by atoms with Gasteiger partial charge in [-0.1, -0.05) is 51.9 Å². The molecule has 0 saturated heterocycles. The quantitative estimate of drug-likeness (QED) is 0.493. The number of hydrogen-bond donors (Lipinski definition) is 3. The molecule has 0 unspecified atom stereocenters. The number of rotatable bonds is 11. The Morgan fingerprint density at radius 2 is 0.765 bits per heavy atom. The van der Waals surface area contributed by atoms with Crippen LogP contribution in [0.2, 0.25) is 0 Å². The first-order valence-electron chi connectivity index (χ1n) is 7.16. The smallest absolute Gasteiger partial charge is 0.0431 e. The van der Waals surface area contributed by atoms with E-state index in [0.29, 0.717) is 19.8 Å². The van der Waals surface area contributed by atoms with Crippen LogP contribution in [0.5, 0.6) is 0 Å². The maximum Gasteiger partial charge on any atom is 0.0431 e. The minimum Gasteiger partial charge on any atom is -0.396 e. The first-order valence-corrected chi connectivity index (χ1v) is 7.16. The van der Waals surface area contributed by atoms with Gasteiger partial charge in [-0.3, -0.25) is 0 Å². The van der Waals surface area contributed by atoms with Gasteiger partial charge < -0.3 is 15.3 Å². The predicted molar refractivity (Wildman–Crippen MR) is 73.1 cm³/mol. The van der Waals surface area contributed by atoms with Gasteiger partial charge >= 0.3 is 0 Å². The van der Waals surface area contributed by atoms with E-state index in [-0.39, 0.29) is 0 Å². The highest BCUT2D eigenvalue weighted by Crippen LogP contribution is 2.01. The summed E-state index contributed by atoms with van der Waals surface area (Å²) in [4.78, 5) is 0. The average Bonchev–Trinajstić information content (AvgIpc) is 2.36. The van der Waals surface area contributed by atoms with Crippen molar-refractivity contribution in [1.29, 1.82) is 0 Å². The number of aliphatic hydroxyl groups excluding tert-OH is 3. The molecule has 0 amide bonds. The highest BCUT2D eigenvalue weighted by atomic mass is 16.3. The molecule has 0 aromatic carbocycles. The van der Waals surface area contributed by atoms with Crippen molar-refractivity contribution < 1.29 is 15.3 Å². The predicted octanol–water partition coefficient (Wildman–Crippen LogP) is 2.87. The Hall–Kier alpha value is -0.120. The lowest BCUT2D eigenvalue weighted by Gasteiger charge is -1.95. The fourth-order valence-electron chi connectivity index (χ4n) is 1.47. The lowest BCUT2D eigenvalue weighted by molar-refractivity contribution is 0.272. The van der Waals surface area contributed by atoms with E-state index in [2.05, 4.69) is 6.92 Å². The van der Waals surface area contributed by atoms with Crippen molar-refractivity contribution >= 4 is 0 Å². The highest BCUT2D eigenvalue weighted by Gasteiger charge is 1.87. The fourth-order valence-corrected chi connectivity index (χ4v) is 1.47. The molecule has 3 heteroatoms. The van der Waals surface area contributed by atoms with E-state index in [1.165, 1.54) is 25.7 Å². The molecule has 0 heterocycles. The molecule has 3 nitrogen and oxygen atoms in total. The number of hydrogen-bond acceptors (Lipinski definition) is 3. The third-order valence-corrected chi connectivity index (χ3v) is 2.58. The van der Waals surface area contributed by atoms with Gasteiger partial charge in [-0.25, -0.2) is 0 Å². The summed E-state index contributed by atoms with van der Waals surface area (Å²) in [6.07, 6.45) is 11.2. The molecule has 0 aliphatic heterocycles. The summed E-state index contributed by atoms with van der Waals surface area (Å²) in [6.45, 7) is 3.17. The second-order valence-corrected chi connectivity index (χ2v) is 4.35. The van der Waals surface area contributed by atoms with Crippen LogP contribution in [0.25, 0.3) is 0 Å². The van der Waals surface area contributed by atoms with Gasteiger partial charge in [-0.2, -0.15) is 0 Å². The summed E-state index contributed by atoms with van der Waals surface area (Å²) in [5.41, 5.74) is 0. The Balaban J connectivity index is 0. The third kappa shape index (κ3) is 25.8. The monoisotopic (exact) mass is 248 g/mol. The first-order chi connectivity index (χ1) is 8.33. The molecule has 0 saturated carbocycles. The van der Waals surface area contributed by atoms with Crippen molar-refractivity contribution in [3.63, 3.8) is 0 Å². The zero-order chi connectivity index (χ0) is 13.2. The number of aliphatic hydroxyl groups is 3. The summed E-state index contributed by atoms with van der Waals surface area (Å²) in [7, 11) is 0. The second kappa shape index (κ2) is 21.2. The van der Waals surface area contributed by atoms with Crippen LogP contribution in [0, 0.1) is 0 Å². The van der Waals surface area contributed by atoms with Gasteiger partial charge in [0.15, 0.2) is 0 Å². The molecular weight excluding hydrogens is 216 g/mol. The molecule has 0 aliphatic rings. The molecule has 0 aromatic rings. The standard InChI is InChI=1S/C7H16O2.C7H16O/c8-6-4-2-1-3-5-7-9;1-2-3-4-5-6-7-8/h8-9H,1-7H2;8H,2-7H2,1H3. The second-order valence-electron chi connectivity index (χ2n) is 4.35. The first kappa shape index (κ1) is 19.2. The molecule has 0 atom stereocenters. The van der Waals surface area contributed by atoms with Gasteiger partial charge in [0.1, 0.15) is 0 Å². The van der Waals surface area contributed by atoms with E-state index in [0.717, 1.165) is 38.5 Å². The van der Waals surface area contributed by atoms with Crippen molar-refractivity contribution in [3.8, 4) is 0 Å². The number of unbranched alkanes of at least 4 members (excludes halogenated alkanes) is 8. The Labute approximate surface area is 107 Å². The summed E-state index contributed by atoms with van der Waals surface area (Å²) in [6, 6.07) is 0. The van der Waals surface area contributed by atoms with E-state index in [1.807, 2.05) is 0 Å². The maximum atomic E-state index is 8.37. The zero-order valence-electron chi connectivity index (χ0n) is 11.5. The van der Waals surface area contributed by atoms with E-state index < -0.39 is 0 Å². The molecule has 0 rings (SSSR count). The van der Waals surface area contributed by atoms with E-state index >= 15 is 0 Å². The molecule has 0 fully saturated rings. The Kier molecular flexibility index (Phi) is 24.0. The zero-order valence-corrected chi connectivity index (χ0v) is 11.5. The van der Waals surface area contributed by atoms with Crippen molar-refractivity contribution in [1.82, 2.24) is 0 Å². The van der Waals surface area contributed by atoms with Crippen LogP contribution in [0.15, 0.2) is 0 Å². The topological polar surface area (TPSA) is 60.7 Å². The van der Waals surface area contributed by atoms with Gasteiger partial charge in [-0.15, -0.1) is 0 Å². The SMILES string of the molecule is CCCCCCCO.OCCCCCCCO. The van der Waals surface area contributed by atoms with Crippen molar-refractivity contribution in [2.24, 2.45) is 0 Å². The van der Waals surface area contributed by atoms with Crippen LogP contribution < -0.4 is 0 Å². The molecule has 0 spiro atoms. The van der Waals surface area contributed by atoms with E-state index in [4.69, 9.17) is 15.3 Å². The summed E-state index contributed by atoms with van der Waals surface area (Å²) in [5.74, 6) is 0. The van der Waals surface area contributed by atoms with Gasteiger partial charge in [0.25, 0.3) is 0 Å². The van der Waals surface area contributed by atoms with Crippen molar-refractivity contribution in [2.45, 2.75) is 71.1 Å². The van der Waals surface area contributed by atoms with Crippen molar-refractivity contribution in [2.75, 3.05) is 19.8 Å². The summed E-state index contributed by atoms with van der Waals surface area (Å²) < 4.78 is 0. The van der Waals surface area contributed by atoms with Crippen LogP contribution in [0.3, 0.4) is 0 Å². The van der Waals surface area contributed by atoms with Crippen LogP contribution in [0.4, 0.5) is 0 Å². The van der Waals surface area contributed by atoms with E-state index in [9.17, 15) is 0 Å². The molecular formula is C14H32O3. The van der Waals surface area contributed by atoms with Gasteiger partial charge in [-0.05, 0) is 19.3 Å². The molecule has 3 N–H and O–H groups in total. The molecule has 0 bridgehead atoms. The maximum absolute atomic E-state index is 8.37. The third-order valence-electron chi connectivity index (χ3n) is 2.58. The van der Waals surface area contributed by atoms with Gasteiger partial charge in [0.05, 0.1) is 0 Å². The molecule has 0 aromatic heterocycles. The fraction of sp³-hybridized carbons (Fsp3) is 1.00. The van der Waals surface area contributed by atoms with Gasteiger partial charge in [0, 0.05) is 19.8 Å². The van der Waals surface area contributed by atoms with Crippen LogP contribution in [-0.4, -0.2) is 35.1 Å². The summed E-state index contributed by atoms with van der Waals surface area (Å²) >= 11 is 0. The molecule has 0 aliphatic carbocycles. The van der Waals surface area contributed by atoms with Crippen molar-refractivity contribution in [3.05, 3.63) is 0 Å². The summed E-state index contributed by atoms with van der Waals surface area (Å²) in [5, 5.41) is 25.1. The minimum absolute atomic E-state index is 0.305. The van der Waals surface area contributed by atoms with Gasteiger partial charge in [0.2, 0.25) is 0 Å². The Morgan fingerprint density at radius 1 is 0.471 bits per heavy atom. The molecule has 106 valence electrons. The van der Waals surface area contributed by atoms with Crippen LogP contribution >= 0.6 is 0 Å². The average molecular weight is 248 g/mol. The lowest BCUT2D eigenvalue weighted by Crippen LogP contribution is -1.85. The van der Waals surface area contributed by atoms with E-state index in [1.54, 1.807) is 0 Å². The van der Waals surface area contributed by atoms with Crippen LogP contribution in [-0.2, 0) is 0 Å². The normalized spacial score (nSPS) is 9.88. The Morgan fingerprint density at radius 3 is 1.06 bits per heavy atom. The van der Waals surface area contributed by atoms with Crippen LogP contribution in [0.1, 0.15) is 71.1 Å². The largest absolute Gasteiger partial charge is 0.396 e. The molecule has 17 heavy (non-hydrogen) atoms. The lowest BCUT2D eigenvalue weighted by atomic mass is 10.2. The molecule has 0 radical (unpaired) electrons. The Bertz CT molecular complexity index is 95.6.